The molecular weight excluding hydrogens is 248 g/mol. The normalized spacial score (nSPS) is 17.6. The van der Waals surface area contributed by atoms with Crippen LogP contribution in [0, 0.1) is 18.6 Å². The van der Waals surface area contributed by atoms with Gasteiger partial charge in [-0.25, -0.2) is 14.6 Å². The van der Waals surface area contributed by atoms with Gasteiger partial charge in [-0.1, -0.05) is 25.3 Å². The van der Waals surface area contributed by atoms with Crippen molar-refractivity contribution in [3.63, 3.8) is 0 Å². The number of hydrogen-bond acceptors (Lipinski definition) is 2. The van der Waals surface area contributed by atoms with E-state index in [1.54, 1.807) is 6.92 Å². The van der Waals surface area contributed by atoms with Crippen LogP contribution in [0.25, 0.3) is 0 Å². The molecule has 104 valence electrons. The highest BCUT2D eigenvalue weighted by Gasteiger charge is 2.19. The van der Waals surface area contributed by atoms with Crippen LogP contribution in [0.5, 0.6) is 0 Å². The van der Waals surface area contributed by atoms with Crippen molar-refractivity contribution in [1.29, 1.82) is 0 Å². The highest BCUT2D eigenvalue weighted by Crippen LogP contribution is 2.22. The van der Waals surface area contributed by atoms with Gasteiger partial charge in [-0.15, -0.1) is 0 Å². The molecule has 1 aromatic rings. The molecule has 0 bridgehead atoms. The Labute approximate surface area is 111 Å². The number of hydrogen-bond donors (Lipinski definition) is 2. The molecule has 1 aliphatic rings. The highest BCUT2D eigenvalue weighted by atomic mass is 19.1. The van der Waals surface area contributed by atoms with E-state index >= 15 is 0 Å². The Morgan fingerprint density at radius 2 is 1.95 bits per heavy atom. The van der Waals surface area contributed by atoms with Gasteiger partial charge in [0.05, 0.1) is 11.6 Å². The van der Waals surface area contributed by atoms with Gasteiger partial charge in [-0.2, -0.15) is 0 Å². The third-order valence-corrected chi connectivity index (χ3v) is 3.54. The van der Waals surface area contributed by atoms with Gasteiger partial charge in [-0.05, 0) is 31.4 Å². The highest BCUT2D eigenvalue weighted by molar-refractivity contribution is 5.99. The first-order valence-corrected chi connectivity index (χ1v) is 6.63. The molecule has 0 radical (unpaired) electrons. The SMILES string of the molecule is Cc1ccc(F)c(C(=NC2CCCCC2)NN)c1F. The molecule has 0 aliphatic heterocycles. The molecular formula is C14H19F2N3. The topological polar surface area (TPSA) is 50.4 Å². The van der Waals surface area contributed by atoms with Crippen LogP contribution in [0.4, 0.5) is 8.78 Å². The molecule has 2 rings (SSSR count). The second kappa shape index (κ2) is 6.10. The van der Waals surface area contributed by atoms with E-state index in [4.69, 9.17) is 5.84 Å². The number of hydrazine groups is 1. The Hall–Kier alpha value is -1.49. The van der Waals surface area contributed by atoms with Crippen LogP contribution in [0.3, 0.4) is 0 Å². The second-order valence-corrected chi connectivity index (χ2v) is 4.97. The van der Waals surface area contributed by atoms with Crippen molar-refractivity contribution in [2.45, 2.75) is 45.1 Å². The van der Waals surface area contributed by atoms with Crippen molar-refractivity contribution in [3.8, 4) is 0 Å². The first-order valence-electron chi connectivity index (χ1n) is 6.63. The maximum Gasteiger partial charge on any atom is 0.148 e. The number of rotatable bonds is 2. The van der Waals surface area contributed by atoms with Crippen LogP contribution in [0.1, 0.15) is 43.2 Å². The Morgan fingerprint density at radius 1 is 1.26 bits per heavy atom. The van der Waals surface area contributed by atoms with E-state index in [9.17, 15) is 8.78 Å². The standard InChI is InChI=1S/C14H19F2N3/c1-9-7-8-11(15)12(13(9)16)14(19-17)18-10-5-3-2-4-6-10/h7-8,10H,2-6,17H2,1H3,(H,18,19). The van der Waals surface area contributed by atoms with Crippen LogP contribution >= 0.6 is 0 Å². The van der Waals surface area contributed by atoms with Gasteiger partial charge in [0.25, 0.3) is 0 Å². The first-order chi connectivity index (χ1) is 9.13. The van der Waals surface area contributed by atoms with Gasteiger partial charge < -0.3 is 5.43 Å². The quantitative estimate of drug-likeness (QED) is 0.375. The van der Waals surface area contributed by atoms with Crippen molar-refractivity contribution in [2.75, 3.05) is 0 Å². The molecule has 0 spiro atoms. The molecule has 19 heavy (non-hydrogen) atoms. The number of halogens is 2. The fourth-order valence-corrected chi connectivity index (χ4v) is 2.44. The summed E-state index contributed by atoms with van der Waals surface area (Å²) in [7, 11) is 0. The number of nitrogens with zero attached hydrogens (tertiary/aromatic N) is 1. The minimum atomic E-state index is -0.643. The number of aryl methyl sites for hydroxylation is 1. The number of benzene rings is 1. The molecule has 3 N–H and O–H groups in total. The summed E-state index contributed by atoms with van der Waals surface area (Å²) in [6.07, 6.45) is 5.29. The monoisotopic (exact) mass is 267 g/mol. The van der Waals surface area contributed by atoms with Crippen LogP contribution < -0.4 is 11.3 Å². The number of aliphatic imine (C=N–C) groups is 1. The molecule has 1 saturated carbocycles. The fraction of sp³-hybridized carbons (Fsp3) is 0.500. The van der Waals surface area contributed by atoms with E-state index in [0.717, 1.165) is 25.7 Å². The van der Waals surface area contributed by atoms with E-state index in [1.807, 2.05) is 0 Å². The number of nitrogens with two attached hydrogens (primary N) is 1. The minimum absolute atomic E-state index is 0.0964. The summed E-state index contributed by atoms with van der Waals surface area (Å²) < 4.78 is 27.8. The van der Waals surface area contributed by atoms with Gasteiger partial charge in [0.1, 0.15) is 17.5 Å². The Balaban J connectivity index is 2.36. The average Bonchev–Trinajstić information content (AvgIpc) is 2.43. The van der Waals surface area contributed by atoms with Crippen LogP contribution in [0.2, 0.25) is 0 Å². The zero-order valence-corrected chi connectivity index (χ0v) is 11.0. The van der Waals surface area contributed by atoms with Crippen molar-refractivity contribution < 1.29 is 8.78 Å². The van der Waals surface area contributed by atoms with Crippen molar-refractivity contribution in [1.82, 2.24) is 5.43 Å². The second-order valence-electron chi connectivity index (χ2n) is 4.97. The van der Waals surface area contributed by atoms with Gasteiger partial charge in [-0.3, -0.25) is 4.99 Å². The van der Waals surface area contributed by atoms with E-state index in [0.29, 0.717) is 5.56 Å². The van der Waals surface area contributed by atoms with E-state index < -0.39 is 11.6 Å². The van der Waals surface area contributed by atoms with Crippen molar-refractivity contribution in [3.05, 3.63) is 34.9 Å². The van der Waals surface area contributed by atoms with Crippen molar-refractivity contribution >= 4 is 5.84 Å². The Morgan fingerprint density at radius 3 is 2.58 bits per heavy atom. The minimum Gasteiger partial charge on any atom is -0.308 e. The number of nitrogens with one attached hydrogen (secondary N) is 1. The zero-order valence-electron chi connectivity index (χ0n) is 11.0. The predicted molar refractivity (Wildman–Crippen MR) is 71.8 cm³/mol. The first kappa shape index (κ1) is 13.9. The molecule has 0 aromatic heterocycles. The van der Waals surface area contributed by atoms with Gasteiger partial charge in [0.15, 0.2) is 0 Å². The lowest BCUT2D eigenvalue weighted by Gasteiger charge is -2.19. The summed E-state index contributed by atoms with van der Waals surface area (Å²) in [4.78, 5) is 4.39. The van der Waals surface area contributed by atoms with Crippen LogP contribution in [-0.2, 0) is 0 Å². The third kappa shape index (κ3) is 3.10. The fourth-order valence-electron chi connectivity index (χ4n) is 2.44. The average molecular weight is 267 g/mol. The zero-order chi connectivity index (χ0) is 13.8. The van der Waals surface area contributed by atoms with Gasteiger partial charge in [0, 0.05) is 0 Å². The maximum absolute atomic E-state index is 14.0. The molecule has 0 saturated heterocycles. The van der Waals surface area contributed by atoms with Crippen molar-refractivity contribution in [2.24, 2.45) is 10.8 Å². The summed E-state index contributed by atoms with van der Waals surface area (Å²) in [6.45, 7) is 1.59. The largest absolute Gasteiger partial charge is 0.308 e. The Kier molecular flexibility index (Phi) is 4.47. The maximum atomic E-state index is 14.0. The third-order valence-electron chi connectivity index (χ3n) is 3.54. The lowest BCUT2D eigenvalue weighted by Crippen LogP contribution is -2.34. The number of amidine groups is 1. The summed E-state index contributed by atoms with van der Waals surface area (Å²) in [6, 6.07) is 2.74. The Bertz CT molecular complexity index is 480. The van der Waals surface area contributed by atoms with Gasteiger partial charge in [0.2, 0.25) is 0 Å². The summed E-state index contributed by atoms with van der Waals surface area (Å²) >= 11 is 0. The van der Waals surface area contributed by atoms with Gasteiger partial charge >= 0.3 is 0 Å². The lowest BCUT2D eigenvalue weighted by molar-refractivity contribution is 0.442. The lowest BCUT2D eigenvalue weighted by atomic mass is 9.96. The molecule has 1 fully saturated rings. The molecule has 3 nitrogen and oxygen atoms in total. The molecule has 0 atom stereocenters. The molecule has 0 amide bonds. The van der Waals surface area contributed by atoms with E-state index in [-0.39, 0.29) is 17.4 Å². The molecule has 0 heterocycles. The van der Waals surface area contributed by atoms with E-state index in [1.165, 1.54) is 18.6 Å². The summed E-state index contributed by atoms with van der Waals surface area (Å²) in [5.41, 5.74) is 2.56. The van der Waals surface area contributed by atoms with Crippen LogP contribution in [-0.4, -0.2) is 11.9 Å². The molecule has 5 heteroatoms. The van der Waals surface area contributed by atoms with Crippen LogP contribution in [0.15, 0.2) is 17.1 Å². The molecule has 1 aliphatic carbocycles. The smallest absolute Gasteiger partial charge is 0.148 e. The summed E-state index contributed by atoms with van der Waals surface area (Å²) in [5, 5.41) is 0. The molecule has 0 unspecified atom stereocenters. The summed E-state index contributed by atoms with van der Waals surface area (Å²) in [5.74, 6) is 4.25. The molecule has 1 aromatic carbocycles. The predicted octanol–water partition coefficient (Wildman–Crippen LogP) is 2.82. The van der Waals surface area contributed by atoms with E-state index in [2.05, 4.69) is 10.4 Å².